The van der Waals surface area contributed by atoms with Crippen molar-refractivity contribution in [1.82, 2.24) is 19.7 Å². The smallest absolute Gasteiger partial charge is 0.308 e. The normalized spacial score (nSPS) is 15.1. The van der Waals surface area contributed by atoms with Crippen molar-refractivity contribution in [2.45, 2.75) is 32.5 Å². The number of aromatic nitrogens is 3. The highest BCUT2D eigenvalue weighted by Crippen LogP contribution is 2.35. The summed E-state index contributed by atoms with van der Waals surface area (Å²) in [6.07, 6.45) is 2.73. The van der Waals surface area contributed by atoms with Crippen molar-refractivity contribution in [3.63, 3.8) is 0 Å². The van der Waals surface area contributed by atoms with Gasteiger partial charge < -0.3 is 10.6 Å². The molecule has 0 spiro atoms. The standard InChI is InChI=1S/C28H29F3N6O/c1-18-9-11-37(12-10-18)17-20-5-8-22(13-25(20)28(29,30)31)35-27(38)34-21-6-3-19(4-7-21)23-14-32-16-26-24(23)15-33-36(26)2/h3-8,13-16,18H,9-12,17H2,1-2H3,(H2,34,35,38). The third-order valence-corrected chi connectivity index (χ3v) is 7.07. The number of rotatable bonds is 5. The number of aryl methyl sites for hydroxylation is 1. The number of anilines is 2. The highest BCUT2D eigenvalue weighted by Gasteiger charge is 2.34. The quantitative estimate of drug-likeness (QED) is 0.313. The summed E-state index contributed by atoms with van der Waals surface area (Å²) in [5, 5.41) is 10.4. The number of piperidine rings is 1. The maximum atomic E-state index is 13.8. The minimum absolute atomic E-state index is 0.0804. The Bertz CT molecular complexity index is 1440. The maximum absolute atomic E-state index is 13.8. The van der Waals surface area contributed by atoms with Crippen molar-refractivity contribution in [2.75, 3.05) is 23.7 Å². The van der Waals surface area contributed by atoms with Gasteiger partial charge in [-0.2, -0.15) is 18.3 Å². The minimum Gasteiger partial charge on any atom is -0.308 e. The van der Waals surface area contributed by atoms with Crippen LogP contribution in [0.15, 0.2) is 61.1 Å². The summed E-state index contributed by atoms with van der Waals surface area (Å²) in [7, 11) is 1.85. The van der Waals surface area contributed by atoms with E-state index in [0.717, 1.165) is 54.0 Å². The average Bonchev–Trinajstić information content (AvgIpc) is 3.27. The van der Waals surface area contributed by atoms with Gasteiger partial charge in [0.25, 0.3) is 0 Å². The summed E-state index contributed by atoms with van der Waals surface area (Å²) in [5.74, 6) is 0.599. The number of pyridine rings is 1. The fourth-order valence-electron chi connectivity index (χ4n) is 4.83. The van der Waals surface area contributed by atoms with Gasteiger partial charge >= 0.3 is 12.2 Å². The molecule has 3 heterocycles. The molecule has 7 nitrogen and oxygen atoms in total. The molecule has 10 heteroatoms. The second-order valence-electron chi connectivity index (χ2n) is 9.87. The number of amides is 2. The van der Waals surface area contributed by atoms with Gasteiger partial charge in [0.1, 0.15) is 0 Å². The van der Waals surface area contributed by atoms with Crippen LogP contribution in [-0.2, 0) is 19.8 Å². The summed E-state index contributed by atoms with van der Waals surface area (Å²) < 4.78 is 43.3. The molecule has 198 valence electrons. The summed E-state index contributed by atoms with van der Waals surface area (Å²) in [5.41, 5.74) is 2.78. The molecule has 0 saturated carbocycles. The molecule has 5 rings (SSSR count). The molecule has 1 saturated heterocycles. The van der Waals surface area contributed by atoms with Crippen LogP contribution in [0.3, 0.4) is 0 Å². The molecular weight excluding hydrogens is 493 g/mol. The van der Waals surface area contributed by atoms with Gasteiger partial charge in [0.2, 0.25) is 0 Å². The highest BCUT2D eigenvalue weighted by molar-refractivity contribution is 6.00. The number of carbonyl (C=O) groups excluding carboxylic acids is 1. The van der Waals surface area contributed by atoms with Crippen LogP contribution >= 0.6 is 0 Å². The predicted octanol–water partition coefficient (Wildman–Crippen LogP) is 6.53. The first-order valence-corrected chi connectivity index (χ1v) is 12.5. The molecule has 1 fully saturated rings. The van der Waals surface area contributed by atoms with Gasteiger partial charge in [-0.3, -0.25) is 14.6 Å². The average molecular weight is 523 g/mol. The van der Waals surface area contributed by atoms with E-state index in [9.17, 15) is 18.0 Å². The highest BCUT2D eigenvalue weighted by atomic mass is 19.4. The van der Waals surface area contributed by atoms with E-state index in [-0.39, 0.29) is 17.8 Å². The third-order valence-electron chi connectivity index (χ3n) is 7.07. The Labute approximate surface area is 218 Å². The zero-order valence-corrected chi connectivity index (χ0v) is 21.2. The molecule has 2 aromatic carbocycles. The lowest BCUT2D eigenvalue weighted by atomic mass is 9.98. The van der Waals surface area contributed by atoms with Crippen molar-refractivity contribution >= 4 is 28.3 Å². The Morgan fingerprint density at radius 3 is 2.39 bits per heavy atom. The van der Waals surface area contributed by atoms with Gasteiger partial charge in [-0.05, 0) is 67.2 Å². The van der Waals surface area contributed by atoms with Crippen LogP contribution in [0, 0.1) is 5.92 Å². The Morgan fingerprint density at radius 2 is 1.68 bits per heavy atom. The Balaban J connectivity index is 1.26. The number of nitrogens with zero attached hydrogens (tertiary/aromatic N) is 4. The van der Waals surface area contributed by atoms with Gasteiger partial charge in [-0.1, -0.05) is 25.1 Å². The fourth-order valence-corrected chi connectivity index (χ4v) is 4.83. The molecule has 0 atom stereocenters. The number of hydrogen-bond donors (Lipinski definition) is 2. The van der Waals surface area contributed by atoms with E-state index in [0.29, 0.717) is 11.6 Å². The van der Waals surface area contributed by atoms with E-state index in [1.165, 1.54) is 12.1 Å². The van der Waals surface area contributed by atoms with E-state index in [1.54, 1.807) is 35.4 Å². The second kappa shape index (κ2) is 10.4. The number of alkyl halides is 3. The van der Waals surface area contributed by atoms with Crippen molar-refractivity contribution in [2.24, 2.45) is 13.0 Å². The van der Waals surface area contributed by atoms with Crippen LogP contribution in [0.4, 0.5) is 29.3 Å². The monoisotopic (exact) mass is 522 g/mol. The second-order valence-corrected chi connectivity index (χ2v) is 9.87. The number of urea groups is 1. The van der Waals surface area contributed by atoms with Gasteiger partial charge in [0, 0.05) is 42.1 Å². The Kier molecular flexibility index (Phi) is 7.07. The van der Waals surface area contributed by atoms with Gasteiger partial charge in [0.05, 0.1) is 23.5 Å². The lowest BCUT2D eigenvalue weighted by Crippen LogP contribution is -2.33. The molecule has 0 bridgehead atoms. The molecule has 0 unspecified atom stereocenters. The lowest BCUT2D eigenvalue weighted by Gasteiger charge is -2.31. The molecule has 2 N–H and O–H groups in total. The van der Waals surface area contributed by atoms with Crippen LogP contribution < -0.4 is 10.6 Å². The van der Waals surface area contributed by atoms with E-state index in [2.05, 4.69) is 32.5 Å². The number of benzene rings is 2. The zero-order chi connectivity index (χ0) is 26.9. The Morgan fingerprint density at radius 1 is 1.00 bits per heavy atom. The molecular formula is C28H29F3N6O. The Hall–Kier alpha value is -3.92. The van der Waals surface area contributed by atoms with Gasteiger partial charge in [-0.25, -0.2) is 4.79 Å². The summed E-state index contributed by atoms with van der Waals surface area (Å²) >= 11 is 0. The molecule has 38 heavy (non-hydrogen) atoms. The van der Waals surface area contributed by atoms with Crippen LogP contribution in [-0.4, -0.2) is 38.8 Å². The first-order chi connectivity index (χ1) is 18.2. The third kappa shape index (κ3) is 5.65. The molecule has 2 aromatic heterocycles. The number of likely N-dealkylation sites (tertiary alicyclic amines) is 1. The summed E-state index contributed by atoms with van der Waals surface area (Å²) in [6, 6.07) is 10.5. The molecule has 4 aromatic rings. The number of halogens is 3. The SMILES string of the molecule is CC1CCN(Cc2ccc(NC(=O)Nc3ccc(-c4cncc5c4cnn5C)cc3)cc2C(F)(F)F)CC1. The summed E-state index contributed by atoms with van der Waals surface area (Å²) in [6.45, 7) is 3.97. The zero-order valence-electron chi connectivity index (χ0n) is 21.2. The first kappa shape index (κ1) is 25.7. The number of carbonyl (C=O) groups is 1. The minimum atomic E-state index is -4.52. The van der Waals surface area contributed by atoms with Crippen LogP contribution in [0.25, 0.3) is 22.0 Å². The van der Waals surface area contributed by atoms with E-state index in [1.807, 2.05) is 19.2 Å². The van der Waals surface area contributed by atoms with E-state index < -0.39 is 17.8 Å². The van der Waals surface area contributed by atoms with Crippen LogP contribution in [0.1, 0.15) is 30.9 Å². The molecule has 1 aliphatic rings. The number of nitrogens with one attached hydrogen (secondary N) is 2. The first-order valence-electron chi connectivity index (χ1n) is 12.5. The van der Waals surface area contributed by atoms with Gasteiger partial charge in [0.15, 0.2) is 0 Å². The number of hydrogen-bond acceptors (Lipinski definition) is 4. The molecule has 1 aliphatic heterocycles. The topological polar surface area (TPSA) is 75.1 Å². The van der Waals surface area contributed by atoms with E-state index >= 15 is 0 Å². The lowest BCUT2D eigenvalue weighted by molar-refractivity contribution is -0.138. The van der Waals surface area contributed by atoms with Crippen molar-refractivity contribution in [3.05, 3.63) is 72.2 Å². The molecule has 2 amide bonds. The maximum Gasteiger partial charge on any atom is 0.416 e. The van der Waals surface area contributed by atoms with Crippen LogP contribution in [0.5, 0.6) is 0 Å². The number of fused-ring (bicyclic) bond motifs is 1. The molecule has 0 radical (unpaired) electrons. The van der Waals surface area contributed by atoms with Crippen molar-refractivity contribution < 1.29 is 18.0 Å². The fraction of sp³-hybridized carbons (Fsp3) is 0.321. The summed E-state index contributed by atoms with van der Waals surface area (Å²) in [4.78, 5) is 18.9. The van der Waals surface area contributed by atoms with Crippen molar-refractivity contribution in [1.29, 1.82) is 0 Å². The van der Waals surface area contributed by atoms with Crippen molar-refractivity contribution in [3.8, 4) is 11.1 Å². The predicted molar refractivity (Wildman–Crippen MR) is 142 cm³/mol. The van der Waals surface area contributed by atoms with E-state index in [4.69, 9.17) is 0 Å². The molecule has 0 aliphatic carbocycles. The largest absolute Gasteiger partial charge is 0.416 e. The van der Waals surface area contributed by atoms with Crippen LogP contribution in [0.2, 0.25) is 0 Å². The van der Waals surface area contributed by atoms with Gasteiger partial charge in [-0.15, -0.1) is 0 Å².